The molecular weight excluding hydrogens is 861 g/mol. The van der Waals surface area contributed by atoms with Crippen molar-refractivity contribution in [2.75, 3.05) is 33.0 Å². The predicted molar refractivity (Wildman–Crippen MR) is 261 cm³/mol. The van der Waals surface area contributed by atoms with E-state index in [-0.39, 0.29) is 19.6 Å². The third kappa shape index (κ3) is 28.2. The molecule has 14 heteroatoms. The van der Waals surface area contributed by atoms with Crippen LogP contribution in [0.1, 0.15) is 168 Å². The lowest BCUT2D eigenvalue weighted by molar-refractivity contribution is -0.332. The first kappa shape index (κ1) is 60.8. The van der Waals surface area contributed by atoms with Crippen LogP contribution in [0, 0.1) is 0 Å². The lowest BCUT2D eigenvalue weighted by Crippen LogP contribution is -2.61. The van der Waals surface area contributed by atoms with Gasteiger partial charge in [0, 0.05) is 6.42 Å². The van der Waals surface area contributed by atoms with Gasteiger partial charge >= 0.3 is 5.97 Å². The minimum atomic E-state index is -1.72. The average molecular weight is 953 g/mol. The molecule has 0 bridgehead atoms. The fourth-order valence-corrected chi connectivity index (χ4v) is 7.88. The maximum Gasteiger partial charge on any atom is 0.306 e. The summed E-state index contributed by atoms with van der Waals surface area (Å²) in [5, 5.41) is 72.1. The number of aliphatic hydroxyl groups is 7. The number of carbonyl (C=O) groups is 1. The summed E-state index contributed by atoms with van der Waals surface area (Å²) in [5.74, 6) is -0.401. The zero-order valence-corrected chi connectivity index (χ0v) is 41.1. The molecule has 0 aromatic heterocycles. The Morgan fingerprint density at radius 1 is 0.507 bits per heavy atom. The Labute approximate surface area is 403 Å². The van der Waals surface area contributed by atoms with Crippen LogP contribution in [0.4, 0.5) is 0 Å². The first-order valence-electron chi connectivity index (χ1n) is 25.9. The molecule has 388 valence electrons. The summed E-state index contributed by atoms with van der Waals surface area (Å²) in [5.41, 5.74) is 0. The number of ether oxygens (including phenoxy) is 6. The second-order valence-electron chi connectivity index (χ2n) is 18.0. The van der Waals surface area contributed by atoms with Crippen LogP contribution in [-0.2, 0) is 33.2 Å². The van der Waals surface area contributed by atoms with E-state index in [0.29, 0.717) is 19.4 Å². The molecule has 2 aliphatic rings. The highest BCUT2D eigenvalue weighted by molar-refractivity contribution is 5.69. The van der Waals surface area contributed by atoms with Gasteiger partial charge in [-0.2, -0.15) is 0 Å². The van der Waals surface area contributed by atoms with Gasteiger partial charge in [0.05, 0.1) is 33.0 Å². The summed E-state index contributed by atoms with van der Waals surface area (Å²) < 4.78 is 34.1. The number of allylic oxidation sites excluding steroid dienone is 9. The Hall–Kier alpha value is -2.31. The molecule has 2 saturated heterocycles. The Morgan fingerprint density at radius 2 is 0.940 bits per heavy atom. The van der Waals surface area contributed by atoms with Crippen molar-refractivity contribution in [3.05, 3.63) is 60.8 Å². The van der Waals surface area contributed by atoms with Crippen LogP contribution in [0.25, 0.3) is 0 Å². The SMILES string of the molecule is CC/C=C\C/C=C\C/C=C\C/C=C\C/C=C\CCOCC(COC1OC(COC2OC(CO)C(O)C(O)C2O)C(O)C(O)C1O)OC(=O)CCCCCCCCCCCCCCCCCCC. The van der Waals surface area contributed by atoms with Crippen LogP contribution in [0.5, 0.6) is 0 Å². The highest BCUT2D eigenvalue weighted by atomic mass is 16.7. The van der Waals surface area contributed by atoms with Gasteiger partial charge in [-0.25, -0.2) is 0 Å². The van der Waals surface area contributed by atoms with Gasteiger partial charge in [-0.1, -0.05) is 177 Å². The summed E-state index contributed by atoms with van der Waals surface area (Å²) >= 11 is 0. The third-order valence-electron chi connectivity index (χ3n) is 12.1. The van der Waals surface area contributed by atoms with Crippen LogP contribution >= 0.6 is 0 Å². The van der Waals surface area contributed by atoms with Crippen molar-refractivity contribution in [2.45, 2.75) is 235 Å². The number of hydrogen-bond acceptors (Lipinski definition) is 14. The normalized spacial score (nSPS) is 26.6. The Kier molecular flexibility index (Phi) is 36.7. The number of esters is 1. The quantitative estimate of drug-likeness (QED) is 0.0178. The average Bonchev–Trinajstić information content (AvgIpc) is 3.32. The van der Waals surface area contributed by atoms with Crippen LogP contribution in [-0.4, -0.2) is 142 Å². The fraction of sp³-hybridized carbons (Fsp3) is 0.792. The molecule has 11 unspecified atom stereocenters. The van der Waals surface area contributed by atoms with Gasteiger partial charge in [0.2, 0.25) is 0 Å². The van der Waals surface area contributed by atoms with Crippen LogP contribution < -0.4 is 0 Å². The molecule has 0 aromatic rings. The zero-order valence-electron chi connectivity index (χ0n) is 41.1. The van der Waals surface area contributed by atoms with Gasteiger partial charge in [0.25, 0.3) is 0 Å². The third-order valence-corrected chi connectivity index (χ3v) is 12.1. The molecule has 0 amide bonds. The molecule has 67 heavy (non-hydrogen) atoms. The number of carbonyl (C=O) groups excluding carboxylic acids is 1. The molecule has 0 aromatic carbocycles. The van der Waals surface area contributed by atoms with Gasteiger partial charge in [-0.05, 0) is 44.9 Å². The minimum Gasteiger partial charge on any atom is -0.457 e. The van der Waals surface area contributed by atoms with Gasteiger partial charge in [-0.15, -0.1) is 0 Å². The predicted octanol–water partition coefficient (Wildman–Crippen LogP) is 7.74. The Bertz CT molecular complexity index is 1340. The summed E-state index contributed by atoms with van der Waals surface area (Å²) in [6.45, 7) is 3.35. The topological polar surface area (TPSA) is 214 Å². The van der Waals surface area contributed by atoms with Crippen LogP contribution in [0.2, 0.25) is 0 Å². The van der Waals surface area contributed by atoms with Crippen molar-refractivity contribution in [2.24, 2.45) is 0 Å². The molecule has 14 nitrogen and oxygen atoms in total. The van der Waals surface area contributed by atoms with E-state index in [1.54, 1.807) is 0 Å². The van der Waals surface area contributed by atoms with Crippen molar-refractivity contribution in [3.63, 3.8) is 0 Å². The van der Waals surface area contributed by atoms with E-state index in [9.17, 15) is 40.5 Å². The van der Waals surface area contributed by atoms with Crippen molar-refractivity contribution in [1.29, 1.82) is 0 Å². The zero-order chi connectivity index (χ0) is 48.7. The first-order valence-corrected chi connectivity index (χ1v) is 25.9. The molecule has 2 fully saturated rings. The highest BCUT2D eigenvalue weighted by Crippen LogP contribution is 2.26. The molecule has 2 rings (SSSR count). The fourth-order valence-electron chi connectivity index (χ4n) is 7.88. The first-order chi connectivity index (χ1) is 32.6. The van der Waals surface area contributed by atoms with E-state index in [1.165, 1.54) is 83.5 Å². The van der Waals surface area contributed by atoms with E-state index in [4.69, 9.17) is 28.4 Å². The second-order valence-corrected chi connectivity index (χ2v) is 18.0. The molecule has 11 atom stereocenters. The molecule has 0 aliphatic carbocycles. The molecule has 7 N–H and O–H groups in total. The van der Waals surface area contributed by atoms with Crippen molar-refractivity contribution >= 4 is 5.97 Å². The number of aliphatic hydroxyl groups excluding tert-OH is 7. The largest absolute Gasteiger partial charge is 0.457 e. The monoisotopic (exact) mass is 953 g/mol. The summed E-state index contributed by atoms with van der Waals surface area (Å²) in [6.07, 6.45) is 31.6. The number of unbranched alkanes of at least 4 members (excludes halogenated alkanes) is 16. The Morgan fingerprint density at radius 3 is 1.43 bits per heavy atom. The van der Waals surface area contributed by atoms with Crippen molar-refractivity contribution < 1.29 is 69.0 Å². The van der Waals surface area contributed by atoms with Crippen LogP contribution in [0.15, 0.2) is 60.8 Å². The van der Waals surface area contributed by atoms with Crippen molar-refractivity contribution in [3.8, 4) is 0 Å². The lowest BCUT2D eigenvalue weighted by Gasteiger charge is -2.42. The van der Waals surface area contributed by atoms with Crippen molar-refractivity contribution in [1.82, 2.24) is 0 Å². The van der Waals surface area contributed by atoms with E-state index in [2.05, 4.69) is 68.5 Å². The Balaban J connectivity index is 1.80. The van der Waals surface area contributed by atoms with E-state index < -0.39 is 86.7 Å². The second kappa shape index (κ2) is 40.4. The molecule has 2 heterocycles. The standard InChI is InChI=1S/C53H92O14/c1-3-5-7-9-11-13-15-17-19-21-22-24-26-28-30-32-34-36-45(55)65-42(39-62-37-35-33-31-29-27-25-23-20-18-16-14-12-10-8-6-4-2)40-63-52-51(61)49(59)47(57)44(67-52)41-64-53-50(60)48(58)46(56)43(38-54)66-53/h6,8,12,14,18,20,25,27,31,33,42-44,46-54,56-61H,3-5,7,9-11,13,15-17,19,21-24,26,28-30,32,34-41H2,1-2H3/b8-6-,14-12-,20-18-,27-25-,33-31-. The number of hydrogen-bond donors (Lipinski definition) is 7. The molecular formula is C53H92O14. The minimum absolute atomic E-state index is 0.00708. The van der Waals surface area contributed by atoms with Gasteiger partial charge in [0.15, 0.2) is 12.6 Å². The summed E-state index contributed by atoms with van der Waals surface area (Å²) in [7, 11) is 0. The molecule has 0 radical (unpaired) electrons. The smallest absolute Gasteiger partial charge is 0.306 e. The summed E-state index contributed by atoms with van der Waals surface area (Å²) in [4.78, 5) is 13.0. The van der Waals surface area contributed by atoms with E-state index in [1.807, 2.05) is 6.08 Å². The maximum atomic E-state index is 13.0. The number of rotatable bonds is 40. The molecule has 2 aliphatic heterocycles. The lowest BCUT2D eigenvalue weighted by atomic mass is 9.98. The summed E-state index contributed by atoms with van der Waals surface area (Å²) in [6, 6.07) is 0. The molecule has 0 spiro atoms. The maximum absolute atomic E-state index is 13.0. The molecule has 0 saturated carbocycles. The van der Waals surface area contributed by atoms with Gasteiger partial charge in [0.1, 0.15) is 54.9 Å². The van der Waals surface area contributed by atoms with E-state index in [0.717, 1.165) is 51.4 Å². The van der Waals surface area contributed by atoms with Gasteiger partial charge < -0.3 is 64.2 Å². The highest BCUT2D eigenvalue weighted by Gasteiger charge is 2.47. The van der Waals surface area contributed by atoms with E-state index >= 15 is 0 Å². The van der Waals surface area contributed by atoms with Gasteiger partial charge in [-0.3, -0.25) is 4.79 Å². The van der Waals surface area contributed by atoms with Crippen LogP contribution in [0.3, 0.4) is 0 Å².